The van der Waals surface area contributed by atoms with E-state index in [0.717, 1.165) is 6.07 Å². The summed E-state index contributed by atoms with van der Waals surface area (Å²) in [5.74, 6) is -1.32. The lowest BCUT2D eigenvalue weighted by Gasteiger charge is -2.02. The summed E-state index contributed by atoms with van der Waals surface area (Å²) < 4.78 is 31.4. The van der Waals surface area contributed by atoms with Crippen molar-refractivity contribution in [1.29, 1.82) is 0 Å². The highest BCUT2D eigenvalue weighted by Gasteiger charge is 2.18. The van der Waals surface area contributed by atoms with Crippen LogP contribution in [0.15, 0.2) is 21.1 Å². The Bertz CT molecular complexity index is 573. The quantitative estimate of drug-likeness (QED) is 0.884. The SMILES string of the molecule is CNC(C)c1nc(-c2ccc(F)c(F)c2Br)no1. The van der Waals surface area contributed by atoms with Gasteiger partial charge in [0.15, 0.2) is 11.6 Å². The highest BCUT2D eigenvalue weighted by atomic mass is 79.9. The number of halogens is 3. The third-order valence-electron chi connectivity index (χ3n) is 2.52. The Hall–Kier alpha value is -1.34. The largest absolute Gasteiger partial charge is 0.337 e. The monoisotopic (exact) mass is 317 g/mol. The maximum Gasteiger partial charge on any atom is 0.243 e. The smallest absolute Gasteiger partial charge is 0.243 e. The van der Waals surface area contributed by atoms with Crippen LogP contribution in [0.2, 0.25) is 0 Å². The normalized spacial score (nSPS) is 12.7. The van der Waals surface area contributed by atoms with Crippen LogP contribution < -0.4 is 5.32 Å². The van der Waals surface area contributed by atoms with E-state index >= 15 is 0 Å². The summed E-state index contributed by atoms with van der Waals surface area (Å²) in [5, 5.41) is 6.68. The van der Waals surface area contributed by atoms with E-state index in [2.05, 4.69) is 31.4 Å². The molecular weight excluding hydrogens is 308 g/mol. The number of hydrogen-bond donors (Lipinski definition) is 1. The molecule has 0 aliphatic carbocycles. The summed E-state index contributed by atoms with van der Waals surface area (Å²) in [6.45, 7) is 1.84. The lowest BCUT2D eigenvalue weighted by atomic mass is 10.2. The Morgan fingerprint density at radius 2 is 2.11 bits per heavy atom. The van der Waals surface area contributed by atoms with E-state index < -0.39 is 11.6 Å². The zero-order chi connectivity index (χ0) is 13.3. The average molecular weight is 318 g/mol. The first-order valence-electron chi connectivity index (χ1n) is 5.19. The molecule has 0 aliphatic heterocycles. The molecule has 96 valence electrons. The number of benzene rings is 1. The average Bonchev–Trinajstić information content (AvgIpc) is 2.84. The van der Waals surface area contributed by atoms with E-state index in [4.69, 9.17) is 4.52 Å². The number of aromatic nitrogens is 2. The van der Waals surface area contributed by atoms with Crippen LogP contribution in [0.1, 0.15) is 18.9 Å². The van der Waals surface area contributed by atoms with Crippen LogP contribution in [0.5, 0.6) is 0 Å². The van der Waals surface area contributed by atoms with Crippen molar-refractivity contribution < 1.29 is 13.3 Å². The molecule has 1 atom stereocenters. The van der Waals surface area contributed by atoms with Crippen LogP contribution >= 0.6 is 15.9 Å². The third kappa shape index (κ3) is 2.28. The highest BCUT2D eigenvalue weighted by molar-refractivity contribution is 9.10. The standard InChI is InChI=1S/C11H10BrF2N3O/c1-5(15-2)11-16-10(17-18-11)6-3-4-7(13)9(14)8(6)12/h3-5,15H,1-2H3. The van der Waals surface area contributed by atoms with Gasteiger partial charge in [-0.2, -0.15) is 4.98 Å². The fraction of sp³-hybridized carbons (Fsp3) is 0.273. The fourth-order valence-corrected chi connectivity index (χ4v) is 1.84. The van der Waals surface area contributed by atoms with Gasteiger partial charge < -0.3 is 9.84 Å². The predicted octanol–water partition coefficient (Wildman–Crippen LogP) is 3.06. The maximum absolute atomic E-state index is 13.4. The molecule has 18 heavy (non-hydrogen) atoms. The van der Waals surface area contributed by atoms with E-state index in [9.17, 15) is 8.78 Å². The van der Waals surface area contributed by atoms with Crippen molar-refractivity contribution in [3.63, 3.8) is 0 Å². The van der Waals surface area contributed by atoms with Crippen molar-refractivity contribution in [1.82, 2.24) is 15.5 Å². The van der Waals surface area contributed by atoms with E-state index in [1.54, 1.807) is 7.05 Å². The Balaban J connectivity index is 2.43. The molecule has 1 unspecified atom stereocenters. The van der Waals surface area contributed by atoms with Crippen LogP contribution in [0.4, 0.5) is 8.78 Å². The molecule has 0 saturated heterocycles. The summed E-state index contributed by atoms with van der Waals surface area (Å²) in [5.41, 5.74) is 0.340. The van der Waals surface area contributed by atoms with Crippen LogP contribution in [0.3, 0.4) is 0 Å². The molecule has 0 spiro atoms. The Morgan fingerprint density at radius 3 is 2.78 bits per heavy atom. The van der Waals surface area contributed by atoms with Gasteiger partial charge in [-0.25, -0.2) is 8.78 Å². The molecule has 7 heteroatoms. The van der Waals surface area contributed by atoms with Crippen LogP contribution in [-0.4, -0.2) is 17.2 Å². The van der Waals surface area contributed by atoms with Gasteiger partial charge in [-0.3, -0.25) is 0 Å². The molecule has 1 N–H and O–H groups in total. The zero-order valence-corrected chi connectivity index (χ0v) is 11.3. The van der Waals surface area contributed by atoms with Gasteiger partial charge in [0.05, 0.1) is 10.5 Å². The van der Waals surface area contributed by atoms with Crippen LogP contribution in [0.25, 0.3) is 11.4 Å². The van der Waals surface area contributed by atoms with Crippen molar-refractivity contribution in [2.75, 3.05) is 7.05 Å². The molecule has 0 saturated carbocycles. The first-order valence-corrected chi connectivity index (χ1v) is 5.98. The summed E-state index contributed by atoms with van der Waals surface area (Å²) in [6, 6.07) is 2.30. The van der Waals surface area contributed by atoms with Crippen molar-refractivity contribution in [2.24, 2.45) is 0 Å². The number of hydrogen-bond acceptors (Lipinski definition) is 4. The van der Waals surface area contributed by atoms with Crippen molar-refractivity contribution in [3.05, 3.63) is 34.1 Å². The van der Waals surface area contributed by atoms with Gasteiger partial charge in [0, 0.05) is 5.56 Å². The second-order valence-corrected chi connectivity index (χ2v) is 4.48. The molecule has 1 aromatic carbocycles. The van der Waals surface area contributed by atoms with E-state index in [0.29, 0.717) is 11.5 Å². The first kappa shape index (κ1) is 13.1. The summed E-state index contributed by atoms with van der Waals surface area (Å²) in [7, 11) is 1.75. The maximum atomic E-state index is 13.4. The fourth-order valence-electron chi connectivity index (χ4n) is 1.34. The molecule has 0 amide bonds. The predicted molar refractivity (Wildman–Crippen MR) is 64.8 cm³/mol. The minimum atomic E-state index is -0.972. The molecule has 1 heterocycles. The van der Waals surface area contributed by atoms with Gasteiger partial charge in [0.1, 0.15) is 0 Å². The van der Waals surface area contributed by atoms with Crippen molar-refractivity contribution in [3.8, 4) is 11.4 Å². The van der Waals surface area contributed by atoms with E-state index in [1.165, 1.54) is 6.07 Å². The third-order valence-corrected chi connectivity index (χ3v) is 3.30. The van der Waals surface area contributed by atoms with Gasteiger partial charge in [0.25, 0.3) is 0 Å². The van der Waals surface area contributed by atoms with Crippen molar-refractivity contribution in [2.45, 2.75) is 13.0 Å². The summed E-state index contributed by atoms with van der Waals surface area (Å²) in [6.07, 6.45) is 0. The van der Waals surface area contributed by atoms with Crippen LogP contribution in [-0.2, 0) is 0 Å². The van der Waals surface area contributed by atoms with E-state index in [-0.39, 0.29) is 16.3 Å². The molecule has 0 aliphatic rings. The molecule has 2 rings (SSSR count). The number of nitrogens with one attached hydrogen (secondary N) is 1. The lowest BCUT2D eigenvalue weighted by Crippen LogP contribution is -2.12. The van der Waals surface area contributed by atoms with Gasteiger partial charge in [-0.15, -0.1) is 0 Å². The molecule has 2 aromatic rings. The summed E-state index contributed by atoms with van der Waals surface area (Å²) in [4.78, 5) is 4.12. The Morgan fingerprint density at radius 1 is 1.39 bits per heavy atom. The lowest BCUT2D eigenvalue weighted by molar-refractivity contribution is 0.347. The van der Waals surface area contributed by atoms with Gasteiger partial charge in [-0.05, 0) is 42.0 Å². The first-order chi connectivity index (χ1) is 8.54. The second-order valence-electron chi connectivity index (χ2n) is 3.69. The Labute approximate surface area is 111 Å². The van der Waals surface area contributed by atoms with Gasteiger partial charge in [-0.1, -0.05) is 5.16 Å². The second kappa shape index (κ2) is 5.11. The minimum absolute atomic E-state index is 0.0213. The van der Waals surface area contributed by atoms with Crippen LogP contribution in [0, 0.1) is 11.6 Å². The van der Waals surface area contributed by atoms with E-state index in [1.807, 2.05) is 6.92 Å². The molecule has 0 bridgehead atoms. The molecular formula is C11H10BrF2N3O. The molecule has 0 radical (unpaired) electrons. The minimum Gasteiger partial charge on any atom is -0.337 e. The highest BCUT2D eigenvalue weighted by Crippen LogP contribution is 2.30. The van der Waals surface area contributed by atoms with Gasteiger partial charge >= 0.3 is 0 Å². The zero-order valence-electron chi connectivity index (χ0n) is 9.67. The molecule has 0 fully saturated rings. The Kier molecular flexibility index (Phi) is 3.72. The summed E-state index contributed by atoms with van der Waals surface area (Å²) >= 11 is 2.98. The van der Waals surface area contributed by atoms with Crippen molar-refractivity contribution >= 4 is 15.9 Å². The molecule has 1 aromatic heterocycles. The number of rotatable bonds is 3. The van der Waals surface area contributed by atoms with Gasteiger partial charge in [0.2, 0.25) is 11.7 Å². The topological polar surface area (TPSA) is 51.0 Å². The molecule has 4 nitrogen and oxygen atoms in total. The number of nitrogens with zero attached hydrogens (tertiary/aromatic N) is 2.